The van der Waals surface area contributed by atoms with Crippen molar-refractivity contribution in [2.45, 2.75) is 44.6 Å². The Balaban J connectivity index is 2.01. The minimum atomic E-state index is 0.434. The molecule has 0 radical (unpaired) electrons. The van der Waals surface area contributed by atoms with Crippen LogP contribution < -0.4 is 14.8 Å². The third kappa shape index (κ3) is 2.39. The fourth-order valence-electron chi connectivity index (χ4n) is 3.92. The Morgan fingerprint density at radius 3 is 2.40 bits per heavy atom. The van der Waals surface area contributed by atoms with E-state index in [9.17, 15) is 0 Å². The van der Waals surface area contributed by atoms with Gasteiger partial charge in [-0.2, -0.15) is 0 Å². The van der Waals surface area contributed by atoms with Gasteiger partial charge in [-0.15, -0.1) is 0 Å². The molecule has 3 heteroatoms. The zero-order chi connectivity index (χ0) is 13.9. The molecule has 1 atom stereocenters. The normalized spacial score (nSPS) is 23.2. The van der Waals surface area contributed by atoms with Gasteiger partial charge in [0.25, 0.3) is 0 Å². The molecule has 1 saturated carbocycles. The summed E-state index contributed by atoms with van der Waals surface area (Å²) >= 11 is 0. The maximum absolute atomic E-state index is 5.64. The largest absolute Gasteiger partial charge is 0.496 e. The van der Waals surface area contributed by atoms with Crippen LogP contribution in [0.5, 0.6) is 11.5 Å². The quantitative estimate of drug-likeness (QED) is 0.916. The van der Waals surface area contributed by atoms with Crippen LogP contribution in [0.15, 0.2) is 12.1 Å². The van der Waals surface area contributed by atoms with Gasteiger partial charge in [0.2, 0.25) is 0 Å². The van der Waals surface area contributed by atoms with Crippen molar-refractivity contribution >= 4 is 0 Å². The molecule has 1 aromatic carbocycles. The van der Waals surface area contributed by atoms with Crippen LogP contribution in [0, 0.1) is 5.92 Å². The van der Waals surface area contributed by atoms with E-state index in [4.69, 9.17) is 9.47 Å². The number of nitrogens with one attached hydrogen (secondary N) is 1. The van der Waals surface area contributed by atoms with Gasteiger partial charge in [-0.25, -0.2) is 0 Å². The number of methoxy groups -OCH3 is 2. The molecule has 3 rings (SSSR count). The molecule has 110 valence electrons. The standard InChI is InChI=1S/C17H25NO2/c1-19-14-8-9-15(20-2)16-13(14)10-11-18-17(16)12-6-4-3-5-7-12/h8-9,12,17-18H,3-7,10-11H2,1-2H3. The second-order valence-corrected chi connectivity index (χ2v) is 5.94. The molecule has 0 aromatic heterocycles. The predicted molar refractivity (Wildman–Crippen MR) is 80.6 cm³/mol. The van der Waals surface area contributed by atoms with Crippen LogP contribution in [0.1, 0.15) is 49.3 Å². The zero-order valence-electron chi connectivity index (χ0n) is 12.6. The van der Waals surface area contributed by atoms with Gasteiger partial charge in [-0.3, -0.25) is 0 Å². The van der Waals surface area contributed by atoms with Crippen molar-refractivity contribution < 1.29 is 9.47 Å². The Bertz CT molecular complexity index is 466. The van der Waals surface area contributed by atoms with Crippen molar-refractivity contribution in [1.29, 1.82) is 0 Å². The van der Waals surface area contributed by atoms with Crippen molar-refractivity contribution in [2.75, 3.05) is 20.8 Å². The molecule has 1 unspecified atom stereocenters. The SMILES string of the molecule is COc1ccc(OC)c2c1CCNC2C1CCCCC1. The molecule has 0 amide bonds. The molecule has 1 aliphatic heterocycles. The van der Waals surface area contributed by atoms with E-state index in [0.717, 1.165) is 30.4 Å². The maximum Gasteiger partial charge on any atom is 0.124 e. The van der Waals surface area contributed by atoms with Gasteiger partial charge < -0.3 is 14.8 Å². The lowest BCUT2D eigenvalue weighted by molar-refractivity contribution is 0.256. The van der Waals surface area contributed by atoms with Gasteiger partial charge >= 0.3 is 0 Å². The number of fused-ring (bicyclic) bond motifs is 1. The molecule has 0 bridgehead atoms. The van der Waals surface area contributed by atoms with Crippen LogP contribution >= 0.6 is 0 Å². The maximum atomic E-state index is 5.64. The molecule has 0 spiro atoms. The van der Waals surface area contributed by atoms with E-state index < -0.39 is 0 Å². The Kier molecular flexibility index (Phi) is 4.16. The smallest absolute Gasteiger partial charge is 0.124 e. The van der Waals surface area contributed by atoms with Crippen molar-refractivity contribution in [1.82, 2.24) is 5.32 Å². The van der Waals surface area contributed by atoms with Crippen LogP contribution in [0.4, 0.5) is 0 Å². The third-order valence-corrected chi connectivity index (χ3v) is 4.89. The zero-order valence-corrected chi connectivity index (χ0v) is 12.6. The topological polar surface area (TPSA) is 30.5 Å². The molecule has 1 fully saturated rings. The molecule has 1 aromatic rings. The number of ether oxygens (including phenoxy) is 2. The second-order valence-electron chi connectivity index (χ2n) is 5.94. The summed E-state index contributed by atoms with van der Waals surface area (Å²) in [4.78, 5) is 0. The van der Waals surface area contributed by atoms with E-state index in [1.165, 1.54) is 43.2 Å². The number of rotatable bonds is 3. The molecule has 1 N–H and O–H groups in total. The monoisotopic (exact) mass is 275 g/mol. The van der Waals surface area contributed by atoms with E-state index in [1.54, 1.807) is 14.2 Å². The lowest BCUT2D eigenvalue weighted by Gasteiger charge is -2.36. The molecule has 20 heavy (non-hydrogen) atoms. The first-order valence-corrected chi connectivity index (χ1v) is 7.82. The Morgan fingerprint density at radius 1 is 1.00 bits per heavy atom. The molecular weight excluding hydrogens is 250 g/mol. The van der Waals surface area contributed by atoms with Crippen molar-refractivity contribution in [3.63, 3.8) is 0 Å². The first kappa shape index (κ1) is 13.7. The molecule has 3 nitrogen and oxygen atoms in total. The van der Waals surface area contributed by atoms with E-state index in [0.29, 0.717) is 6.04 Å². The Hall–Kier alpha value is -1.22. The Labute approximate surface area is 121 Å². The minimum absolute atomic E-state index is 0.434. The summed E-state index contributed by atoms with van der Waals surface area (Å²) in [6.45, 7) is 1.04. The summed E-state index contributed by atoms with van der Waals surface area (Å²) < 4.78 is 11.2. The van der Waals surface area contributed by atoms with Crippen LogP contribution in [-0.4, -0.2) is 20.8 Å². The number of benzene rings is 1. The van der Waals surface area contributed by atoms with Crippen molar-refractivity contribution in [3.8, 4) is 11.5 Å². The molecule has 0 saturated heterocycles. The summed E-state index contributed by atoms with van der Waals surface area (Å²) in [6.07, 6.45) is 7.81. The minimum Gasteiger partial charge on any atom is -0.496 e. The van der Waals surface area contributed by atoms with E-state index >= 15 is 0 Å². The number of hydrogen-bond donors (Lipinski definition) is 1. The highest BCUT2D eigenvalue weighted by Gasteiger charge is 2.32. The van der Waals surface area contributed by atoms with Crippen molar-refractivity contribution in [3.05, 3.63) is 23.3 Å². The van der Waals surface area contributed by atoms with E-state index in [1.807, 2.05) is 6.07 Å². The van der Waals surface area contributed by atoms with Gasteiger partial charge in [0.15, 0.2) is 0 Å². The average Bonchev–Trinajstić information content (AvgIpc) is 2.54. The fraction of sp³-hybridized carbons (Fsp3) is 0.647. The van der Waals surface area contributed by atoms with Crippen molar-refractivity contribution in [2.24, 2.45) is 5.92 Å². The molecule has 2 aliphatic rings. The Morgan fingerprint density at radius 2 is 1.70 bits per heavy atom. The lowest BCUT2D eigenvalue weighted by atomic mass is 9.77. The molecule has 1 aliphatic carbocycles. The van der Waals surface area contributed by atoms with Crippen LogP contribution in [-0.2, 0) is 6.42 Å². The summed E-state index contributed by atoms with van der Waals surface area (Å²) in [7, 11) is 3.54. The number of hydrogen-bond acceptors (Lipinski definition) is 3. The second kappa shape index (κ2) is 6.04. The summed E-state index contributed by atoms with van der Waals surface area (Å²) in [5.41, 5.74) is 2.70. The van der Waals surface area contributed by atoms with Crippen LogP contribution in [0.3, 0.4) is 0 Å². The summed E-state index contributed by atoms with van der Waals surface area (Å²) in [5.74, 6) is 2.77. The molecule has 1 heterocycles. The average molecular weight is 275 g/mol. The first-order valence-electron chi connectivity index (χ1n) is 7.82. The lowest BCUT2D eigenvalue weighted by Crippen LogP contribution is -2.36. The van der Waals surface area contributed by atoms with E-state index in [2.05, 4.69) is 11.4 Å². The molecular formula is C17H25NO2. The summed E-state index contributed by atoms with van der Waals surface area (Å²) in [6, 6.07) is 4.53. The van der Waals surface area contributed by atoms with Gasteiger partial charge in [0, 0.05) is 17.2 Å². The van der Waals surface area contributed by atoms with Gasteiger partial charge in [-0.1, -0.05) is 19.3 Å². The highest BCUT2D eigenvalue weighted by molar-refractivity contribution is 5.52. The van der Waals surface area contributed by atoms with E-state index in [-0.39, 0.29) is 0 Å². The fourth-order valence-corrected chi connectivity index (χ4v) is 3.92. The van der Waals surface area contributed by atoms with Gasteiger partial charge in [0.1, 0.15) is 11.5 Å². The highest BCUT2D eigenvalue weighted by atomic mass is 16.5. The first-order chi connectivity index (χ1) is 9.85. The van der Waals surface area contributed by atoms with Crippen LogP contribution in [0.25, 0.3) is 0 Å². The van der Waals surface area contributed by atoms with Gasteiger partial charge in [0.05, 0.1) is 14.2 Å². The highest BCUT2D eigenvalue weighted by Crippen LogP contribution is 2.44. The third-order valence-electron chi connectivity index (χ3n) is 4.89. The van der Waals surface area contributed by atoms with Gasteiger partial charge in [-0.05, 0) is 43.9 Å². The predicted octanol–water partition coefficient (Wildman–Crippen LogP) is 3.47. The van der Waals surface area contributed by atoms with Crippen LogP contribution in [0.2, 0.25) is 0 Å². The summed E-state index contributed by atoms with van der Waals surface area (Å²) in [5, 5.41) is 3.74.